The van der Waals surface area contributed by atoms with Crippen LogP contribution in [-0.4, -0.2) is 30.1 Å². The van der Waals surface area contributed by atoms with Gasteiger partial charge in [0.1, 0.15) is 5.60 Å². The Labute approximate surface area is 177 Å². The molecular formula is C22H32N4O2S. The molecular weight excluding hydrogens is 384 g/mol. The maximum Gasteiger partial charge on any atom is 0.227 e. The lowest BCUT2D eigenvalue weighted by atomic mass is 9.99. The summed E-state index contributed by atoms with van der Waals surface area (Å²) in [6.07, 6.45) is 0.808. The van der Waals surface area contributed by atoms with Crippen LogP contribution in [0.25, 0.3) is 0 Å². The minimum absolute atomic E-state index is 0.0164. The summed E-state index contributed by atoms with van der Waals surface area (Å²) in [5.41, 5.74) is 1.68. The number of aliphatic imine (C=N–C) groups is 1. The van der Waals surface area contributed by atoms with Gasteiger partial charge >= 0.3 is 0 Å². The number of rotatable bonds is 9. The van der Waals surface area contributed by atoms with Gasteiger partial charge in [0, 0.05) is 18.2 Å². The van der Waals surface area contributed by atoms with E-state index in [1.807, 2.05) is 61.9 Å². The van der Waals surface area contributed by atoms with E-state index in [1.165, 1.54) is 0 Å². The Balaban J connectivity index is 2.00. The Morgan fingerprint density at radius 1 is 1.28 bits per heavy atom. The van der Waals surface area contributed by atoms with Gasteiger partial charge in [0.25, 0.3) is 0 Å². The van der Waals surface area contributed by atoms with E-state index in [-0.39, 0.29) is 11.8 Å². The third-order valence-electron chi connectivity index (χ3n) is 4.76. The molecule has 1 amide bonds. The Bertz CT molecular complexity index is 803. The molecule has 0 saturated heterocycles. The average Bonchev–Trinajstić information content (AvgIpc) is 3.25. The number of thiophene rings is 1. The van der Waals surface area contributed by atoms with Crippen molar-refractivity contribution in [3.8, 4) is 0 Å². The Kier molecular flexibility index (Phi) is 8.67. The van der Waals surface area contributed by atoms with Gasteiger partial charge in [-0.2, -0.15) is 11.3 Å². The Morgan fingerprint density at radius 3 is 2.72 bits per heavy atom. The summed E-state index contributed by atoms with van der Waals surface area (Å²) in [6, 6.07) is 9.64. The van der Waals surface area contributed by atoms with Crippen LogP contribution in [0.1, 0.15) is 45.2 Å². The largest absolute Gasteiger partial charge is 0.384 e. The number of anilines is 1. The zero-order valence-corrected chi connectivity index (χ0v) is 18.5. The van der Waals surface area contributed by atoms with Gasteiger partial charge < -0.3 is 21.1 Å². The number of amides is 1. The van der Waals surface area contributed by atoms with Crippen molar-refractivity contribution in [2.75, 3.05) is 18.4 Å². The van der Waals surface area contributed by atoms with Crippen LogP contribution in [0.5, 0.6) is 0 Å². The van der Waals surface area contributed by atoms with Crippen LogP contribution in [-0.2, 0) is 16.9 Å². The number of guanidine groups is 1. The fraction of sp³-hybridized carbons (Fsp3) is 0.455. The van der Waals surface area contributed by atoms with E-state index in [0.29, 0.717) is 19.0 Å². The molecule has 0 aliphatic heterocycles. The molecule has 7 heteroatoms. The van der Waals surface area contributed by atoms with Gasteiger partial charge in [-0.15, -0.1) is 0 Å². The van der Waals surface area contributed by atoms with Gasteiger partial charge in [0.2, 0.25) is 5.91 Å². The standard InChI is InChI=1S/C22H32N4O2S/c1-5-16(3)20(27)26-19-9-7-8-17(12-19)13-24-21(23-6-2)25-15-22(4,28)18-10-11-29-14-18/h7-12,14,16,28H,5-6,13,15H2,1-4H3,(H,26,27)(H2,23,24,25). The third kappa shape index (κ3) is 7.18. The fourth-order valence-corrected chi connectivity index (χ4v) is 3.42. The second-order valence-electron chi connectivity index (χ2n) is 7.33. The molecule has 1 aromatic carbocycles. The van der Waals surface area contributed by atoms with Crippen molar-refractivity contribution in [3.05, 3.63) is 52.2 Å². The summed E-state index contributed by atoms with van der Waals surface area (Å²) in [5.74, 6) is 0.646. The van der Waals surface area contributed by atoms with Gasteiger partial charge in [-0.3, -0.25) is 4.79 Å². The van der Waals surface area contributed by atoms with Gasteiger partial charge in [-0.25, -0.2) is 4.99 Å². The Hall–Kier alpha value is -2.38. The first-order valence-corrected chi connectivity index (χ1v) is 11.0. The van der Waals surface area contributed by atoms with E-state index in [1.54, 1.807) is 18.3 Å². The monoisotopic (exact) mass is 416 g/mol. The van der Waals surface area contributed by atoms with E-state index in [2.05, 4.69) is 20.9 Å². The molecule has 158 valence electrons. The SMILES string of the molecule is CCNC(=NCc1cccc(NC(=O)C(C)CC)c1)NCC(C)(O)c1ccsc1. The summed E-state index contributed by atoms with van der Waals surface area (Å²) >= 11 is 1.56. The summed E-state index contributed by atoms with van der Waals surface area (Å²) in [5, 5.41) is 24.0. The number of hydrogen-bond donors (Lipinski definition) is 4. The van der Waals surface area contributed by atoms with Crippen molar-refractivity contribution in [2.45, 2.75) is 46.3 Å². The van der Waals surface area contributed by atoms with Crippen LogP contribution in [0.4, 0.5) is 5.69 Å². The van der Waals surface area contributed by atoms with Gasteiger partial charge in [-0.05, 0) is 60.4 Å². The molecule has 0 fully saturated rings. The van der Waals surface area contributed by atoms with Crippen LogP contribution in [0.15, 0.2) is 46.1 Å². The molecule has 2 unspecified atom stereocenters. The molecule has 0 aliphatic rings. The highest BCUT2D eigenvalue weighted by Crippen LogP contribution is 2.22. The summed E-state index contributed by atoms with van der Waals surface area (Å²) in [7, 11) is 0. The van der Waals surface area contributed by atoms with Crippen molar-refractivity contribution in [1.29, 1.82) is 0 Å². The lowest BCUT2D eigenvalue weighted by Crippen LogP contribution is -2.44. The second kappa shape index (κ2) is 11.0. The molecule has 29 heavy (non-hydrogen) atoms. The maximum absolute atomic E-state index is 12.1. The molecule has 1 aromatic heterocycles. The smallest absolute Gasteiger partial charge is 0.227 e. The first-order chi connectivity index (χ1) is 13.9. The van der Waals surface area contributed by atoms with E-state index < -0.39 is 5.60 Å². The highest BCUT2D eigenvalue weighted by molar-refractivity contribution is 7.08. The van der Waals surface area contributed by atoms with Crippen molar-refractivity contribution in [2.24, 2.45) is 10.9 Å². The van der Waals surface area contributed by atoms with Crippen LogP contribution in [0.2, 0.25) is 0 Å². The van der Waals surface area contributed by atoms with E-state index >= 15 is 0 Å². The maximum atomic E-state index is 12.1. The number of carbonyl (C=O) groups excluding carboxylic acids is 1. The second-order valence-corrected chi connectivity index (χ2v) is 8.11. The predicted molar refractivity (Wildman–Crippen MR) is 121 cm³/mol. The quantitative estimate of drug-likeness (QED) is 0.371. The van der Waals surface area contributed by atoms with Gasteiger partial charge in [0.15, 0.2) is 5.96 Å². The molecule has 0 radical (unpaired) electrons. The summed E-state index contributed by atoms with van der Waals surface area (Å²) < 4.78 is 0. The predicted octanol–water partition coefficient (Wildman–Crippen LogP) is 3.70. The number of aliphatic hydroxyl groups is 1. The average molecular weight is 417 g/mol. The molecule has 2 rings (SSSR count). The van der Waals surface area contributed by atoms with Crippen LogP contribution in [0.3, 0.4) is 0 Å². The minimum Gasteiger partial charge on any atom is -0.384 e. The van der Waals surface area contributed by atoms with Gasteiger partial charge in [-0.1, -0.05) is 26.0 Å². The molecule has 2 atom stereocenters. The van der Waals surface area contributed by atoms with Crippen molar-refractivity contribution >= 4 is 28.9 Å². The molecule has 0 aliphatic carbocycles. The molecule has 4 N–H and O–H groups in total. The first-order valence-electron chi connectivity index (χ1n) is 10.0. The molecule has 2 aromatic rings. The van der Waals surface area contributed by atoms with Crippen molar-refractivity contribution < 1.29 is 9.90 Å². The van der Waals surface area contributed by atoms with Crippen LogP contribution >= 0.6 is 11.3 Å². The Morgan fingerprint density at radius 2 is 2.07 bits per heavy atom. The molecule has 0 spiro atoms. The first kappa shape index (κ1) is 22.9. The summed E-state index contributed by atoms with van der Waals surface area (Å²) in [4.78, 5) is 16.7. The van der Waals surface area contributed by atoms with E-state index in [4.69, 9.17) is 0 Å². The highest BCUT2D eigenvalue weighted by atomic mass is 32.1. The zero-order valence-electron chi connectivity index (χ0n) is 17.7. The van der Waals surface area contributed by atoms with Gasteiger partial charge in [0.05, 0.1) is 13.1 Å². The molecule has 6 nitrogen and oxygen atoms in total. The fourth-order valence-electron chi connectivity index (χ4n) is 2.64. The van der Waals surface area contributed by atoms with E-state index in [9.17, 15) is 9.90 Å². The van der Waals surface area contributed by atoms with Crippen molar-refractivity contribution in [1.82, 2.24) is 10.6 Å². The molecule has 0 saturated carbocycles. The van der Waals surface area contributed by atoms with E-state index in [0.717, 1.165) is 29.8 Å². The summed E-state index contributed by atoms with van der Waals surface area (Å²) in [6.45, 7) is 9.23. The lowest BCUT2D eigenvalue weighted by Gasteiger charge is -2.24. The van der Waals surface area contributed by atoms with Crippen LogP contribution in [0, 0.1) is 5.92 Å². The minimum atomic E-state index is -0.976. The third-order valence-corrected chi connectivity index (χ3v) is 5.44. The van der Waals surface area contributed by atoms with Crippen molar-refractivity contribution in [3.63, 3.8) is 0 Å². The topological polar surface area (TPSA) is 85.8 Å². The number of benzene rings is 1. The molecule has 1 heterocycles. The lowest BCUT2D eigenvalue weighted by molar-refractivity contribution is -0.119. The number of carbonyl (C=O) groups is 1. The zero-order chi connectivity index (χ0) is 21.3. The number of hydrogen-bond acceptors (Lipinski definition) is 4. The van der Waals surface area contributed by atoms with Crippen LogP contribution < -0.4 is 16.0 Å². The number of nitrogens with zero attached hydrogens (tertiary/aromatic N) is 1. The highest BCUT2D eigenvalue weighted by Gasteiger charge is 2.23. The normalized spacial score (nSPS) is 14.7. The number of nitrogens with one attached hydrogen (secondary N) is 3. The molecule has 0 bridgehead atoms.